The zero-order chi connectivity index (χ0) is 13.8. The van der Waals surface area contributed by atoms with E-state index in [4.69, 9.17) is 5.26 Å². The Hall–Kier alpha value is -2.03. The Balaban J connectivity index is 4.11. The minimum Gasteiger partial charge on any atom is -0.465 e. The lowest BCUT2D eigenvalue weighted by Gasteiger charge is -2.04. The number of nitriles is 1. The molecule has 0 aliphatic heterocycles. The number of amides is 1. The van der Waals surface area contributed by atoms with Gasteiger partial charge >= 0.3 is 5.97 Å². The molecular weight excluding hydrogens is 234 g/mol. The minimum atomic E-state index is -0.442. The summed E-state index contributed by atoms with van der Waals surface area (Å²) in [7, 11) is 0. The molecule has 0 aliphatic carbocycles. The standard InChI is InChI=1S/C12H19N3O3/c1-3-5-6-15-12(17)10(7-13)8-14-9-11(16)18-4-2/h8,14H,3-6,9H2,1-2H3,(H,15,17)/b10-8-. The number of nitrogens with one attached hydrogen (secondary N) is 2. The van der Waals surface area contributed by atoms with E-state index in [-0.39, 0.29) is 12.1 Å². The molecule has 0 atom stereocenters. The van der Waals surface area contributed by atoms with Crippen molar-refractivity contribution < 1.29 is 14.3 Å². The first kappa shape index (κ1) is 16.0. The van der Waals surface area contributed by atoms with E-state index in [0.717, 1.165) is 12.8 Å². The average Bonchev–Trinajstić information content (AvgIpc) is 2.35. The van der Waals surface area contributed by atoms with Gasteiger partial charge in [0.05, 0.1) is 6.61 Å². The minimum absolute atomic E-state index is 0.0598. The maximum absolute atomic E-state index is 11.5. The van der Waals surface area contributed by atoms with Crippen molar-refractivity contribution in [2.45, 2.75) is 26.7 Å². The monoisotopic (exact) mass is 253 g/mol. The van der Waals surface area contributed by atoms with E-state index in [0.29, 0.717) is 13.2 Å². The van der Waals surface area contributed by atoms with E-state index >= 15 is 0 Å². The summed E-state index contributed by atoms with van der Waals surface area (Å²) >= 11 is 0. The number of nitrogens with zero attached hydrogens (tertiary/aromatic N) is 1. The molecule has 6 heteroatoms. The Morgan fingerprint density at radius 3 is 2.67 bits per heavy atom. The van der Waals surface area contributed by atoms with Crippen LogP contribution in [0.3, 0.4) is 0 Å². The number of hydrogen-bond acceptors (Lipinski definition) is 5. The average molecular weight is 253 g/mol. The van der Waals surface area contributed by atoms with Crippen molar-refractivity contribution in [3.63, 3.8) is 0 Å². The molecule has 0 bridgehead atoms. The summed E-state index contributed by atoms with van der Waals surface area (Å²) in [6, 6.07) is 1.77. The number of carbonyl (C=O) groups is 2. The van der Waals surface area contributed by atoms with Gasteiger partial charge in [0, 0.05) is 12.7 Å². The quantitative estimate of drug-likeness (QED) is 0.284. The third kappa shape index (κ3) is 7.28. The molecule has 2 N–H and O–H groups in total. The fourth-order valence-electron chi connectivity index (χ4n) is 1.07. The number of ether oxygens (including phenoxy) is 1. The van der Waals surface area contributed by atoms with Crippen LogP contribution in [0.5, 0.6) is 0 Å². The fraction of sp³-hybridized carbons (Fsp3) is 0.583. The number of carbonyl (C=O) groups excluding carboxylic acids is 2. The Bertz CT molecular complexity index is 345. The van der Waals surface area contributed by atoms with E-state index in [9.17, 15) is 9.59 Å². The lowest BCUT2D eigenvalue weighted by Crippen LogP contribution is -2.27. The lowest BCUT2D eigenvalue weighted by molar-refractivity contribution is -0.141. The van der Waals surface area contributed by atoms with Crippen LogP contribution in [0.15, 0.2) is 11.8 Å². The van der Waals surface area contributed by atoms with Gasteiger partial charge in [0.25, 0.3) is 5.91 Å². The number of hydrogen-bond donors (Lipinski definition) is 2. The van der Waals surface area contributed by atoms with Crippen LogP contribution in [0.1, 0.15) is 26.7 Å². The second-order valence-electron chi connectivity index (χ2n) is 3.47. The van der Waals surface area contributed by atoms with Crippen molar-refractivity contribution in [2.24, 2.45) is 0 Å². The van der Waals surface area contributed by atoms with E-state index in [1.807, 2.05) is 6.92 Å². The summed E-state index contributed by atoms with van der Waals surface area (Å²) in [6.07, 6.45) is 3.05. The predicted molar refractivity (Wildman–Crippen MR) is 66.2 cm³/mol. The maximum Gasteiger partial charge on any atom is 0.325 e. The highest BCUT2D eigenvalue weighted by Gasteiger charge is 2.07. The van der Waals surface area contributed by atoms with Crippen LogP contribution < -0.4 is 10.6 Å². The van der Waals surface area contributed by atoms with Crippen molar-refractivity contribution in [3.05, 3.63) is 11.8 Å². The molecule has 0 aromatic rings. The fourth-order valence-corrected chi connectivity index (χ4v) is 1.07. The van der Waals surface area contributed by atoms with Crippen LogP contribution in [-0.4, -0.2) is 31.6 Å². The third-order valence-electron chi connectivity index (χ3n) is 1.98. The van der Waals surface area contributed by atoms with Crippen LogP contribution >= 0.6 is 0 Å². The van der Waals surface area contributed by atoms with Gasteiger partial charge in [-0.2, -0.15) is 5.26 Å². The summed E-state index contributed by atoms with van der Waals surface area (Å²) < 4.78 is 4.68. The van der Waals surface area contributed by atoms with Crippen molar-refractivity contribution in [2.75, 3.05) is 19.7 Å². The number of rotatable bonds is 8. The highest BCUT2D eigenvalue weighted by Crippen LogP contribution is 1.91. The first-order chi connectivity index (χ1) is 8.65. The second kappa shape index (κ2) is 10.1. The smallest absolute Gasteiger partial charge is 0.325 e. The van der Waals surface area contributed by atoms with Gasteiger partial charge in [-0.25, -0.2) is 0 Å². The molecule has 6 nitrogen and oxygen atoms in total. The van der Waals surface area contributed by atoms with Gasteiger partial charge in [-0.3, -0.25) is 9.59 Å². The molecule has 100 valence electrons. The van der Waals surface area contributed by atoms with Crippen LogP contribution in [0.2, 0.25) is 0 Å². The van der Waals surface area contributed by atoms with Crippen LogP contribution in [0, 0.1) is 11.3 Å². The predicted octanol–water partition coefficient (Wildman–Crippen LogP) is 0.463. The Kier molecular flexibility index (Phi) is 9.00. The lowest BCUT2D eigenvalue weighted by atomic mass is 10.3. The molecule has 0 saturated carbocycles. The summed E-state index contributed by atoms with van der Waals surface area (Å²) in [5, 5.41) is 14.0. The second-order valence-corrected chi connectivity index (χ2v) is 3.47. The molecule has 1 amide bonds. The van der Waals surface area contributed by atoms with E-state index in [1.165, 1.54) is 6.20 Å². The highest BCUT2D eigenvalue weighted by atomic mass is 16.5. The molecular formula is C12H19N3O3. The molecule has 0 heterocycles. The summed E-state index contributed by atoms with van der Waals surface area (Å²) in [5.41, 5.74) is -0.0598. The third-order valence-corrected chi connectivity index (χ3v) is 1.98. The van der Waals surface area contributed by atoms with E-state index in [1.54, 1.807) is 13.0 Å². The normalized spacial score (nSPS) is 10.4. The van der Waals surface area contributed by atoms with Crippen molar-refractivity contribution in [3.8, 4) is 6.07 Å². The van der Waals surface area contributed by atoms with Gasteiger partial charge < -0.3 is 15.4 Å². The summed E-state index contributed by atoms with van der Waals surface area (Å²) in [4.78, 5) is 22.5. The van der Waals surface area contributed by atoms with E-state index < -0.39 is 11.9 Å². The van der Waals surface area contributed by atoms with Gasteiger partial charge in [-0.05, 0) is 13.3 Å². The number of unbranched alkanes of at least 4 members (excludes halogenated alkanes) is 1. The molecule has 0 fully saturated rings. The molecule has 0 spiro atoms. The van der Waals surface area contributed by atoms with Crippen LogP contribution in [-0.2, 0) is 14.3 Å². The summed E-state index contributed by atoms with van der Waals surface area (Å²) in [5.74, 6) is -0.875. The van der Waals surface area contributed by atoms with E-state index in [2.05, 4.69) is 15.4 Å². The van der Waals surface area contributed by atoms with Crippen LogP contribution in [0.25, 0.3) is 0 Å². The summed E-state index contributed by atoms with van der Waals surface area (Å²) in [6.45, 7) is 4.48. The van der Waals surface area contributed by atoms with Crippen molar-refractivity contribution >= 4 is 11.9 Å². The van der Waals surface area contributed by atoms with Crippen molar-refractivity contribution in [1.82, 2.24) is 10.6 Å². The molecule has 0 aromatic heterocycles. The first-order valence-electron chi connectivity index (χ1n) is 5.93. The molecule has 0 radical (unpaired) electrons. The molecule has 0 rings (SSSR count). The molecule has 0 aliphatic rings. The maximum atomic E-state index is 11.5. The zero-order valence-electron chi connectivity index (χ0n) is 10.8. The molecule has 0 unspecified atom stereocenters. The molecule has 0 aromatic carbocycles. The molecule has 0 saturated heterocycles. The first-order valence-corrected chi connectivity index (χ1v) is 5.93. The Morgan fingerprint density at radius 1 is 1.39 bits per heavy atom. The molecule has 18 heavy (non-hydrogen) atoms. The van der Waals surface area contributed by atoms with Gasteiger partial charge in [-0.1, -0.05) is 13.3 Å². The zero-order valence-corrected chi connectivity index (χ0v) is 10.8. The Labute approximate surface area is 107 Å². The number of esters is 1. The van der Waals surface area contributed by atoms with Gasteiger partial charge in [-0.15, -0.1) is 0 Å². The van der Waals surface area contributed by atoms with Gasteiger partial charge in [0.15, 0.2) is 0 Å². The topological polar surface area (TPSA) is 91.2 Å². The Morgan fingerprint density at radius 2 is 2.11 bits per heavy atom. The highest BCUT2D eigenvalue weighted by molar-refractivity contribution is 5.97. The van der Waals surface area contributed by atoms with Gasteiger partial charge in [0.1, 0.15) is 18.2 Å². The van der Waals surface area contributed by atoms with Crippen LogP contribution in [0.4, 0.5) is 0 Å². The largest absolute Gasteiger partial charge is 0.465 e. The van der Waals surface area contributed by atoms with Gasteiger partial charge in [0.2, 0.25) is 0 Å². The van der Waals surface area contributed by atoms with Crippen molar-refractivity contribution in [1.29, 1.82) is 5.26 Å². The SMILES string of the molecule is CCCCNC(=O)/C(C#N)=C\NCC(=O)OCC.